The molecule has 1 aliphatic heterocycles. The van der Waals surface area contributed by atoms with Gasteiger partial charge in [0.2, 0.25) is 11.7 Å². The van der Waals surface area contributed by atoms with E-state index < -0.39 is 10.0 Å². The minimum absolute atomic E-state index is 0.0960. The maximum Gasteiger partial charge on any atom is 0.260 e. The highest BCUT2D eigenvalue weighted by Gasteiger charge is 2.36. The number of rotatable bonds is 4. The Morgan fingerprint density at radius 3 is 2.83 bits per heavy atom. The Morgan fingerprint density at radius 1 is 1.25 bits per heavy atom. The Hall–Kier alpha value is -2.52. The standard InChI is InChI=1S/C15H15N5O3S/c21-24(22,13-8-16-10-17-13)20-7-6-12(9-20)15-18-14(19-23-15)11-4-2-1-3-5-11/h1-5,8,10,12H,6-7,9H2,(H,16,17)/t12-/m1/s1. The monoisotopic (exact) mass is 345 g/mol. The van der Waals surface area contributed by atoms with E-state index in [-0.39, 0.29) is 10.9 Å². The molecule has 3 aromatic rings. The molecule has 0 radical (unpaired) electrons. The average Bonchev–Trinajstić information content (AvgIpc) is 3.35. The molecule has 0 unspecified atom stereocenters. The molecule has 0 spiro atoms. The van der Waals surface area contributed by atoms with Crippen LogP contribution in [0.25, 0.3) is 11.4 Å². The fourth-order valence-electron chi connectivity index (χ4n) is 2.78. The first kappa shape index (κ1) is 15.0. The molecule has 8 nitrogen and oxygen atoms in total. The molecule has 0 bridgehead atoms. The van der Waals surface area contributed by atoms with E-state index in [2.05, 4.69) is 20.1 Å². The topological polar surface area (TPSA) is 105 Å². The second-order valence-electron chi connectivity index (χ2n) is 5.59. The normalized spacial score (nSPS) is 18.9. The number of nitrogens with zero attached hydrogens (tertiary/aromatic N) is 4. The van der Waals surface area contributed by atoms with Crippen molar-refractivity contribution >= 4 is 10.0 Å². The summed E-state index contributed by atoms with van der Waals surface area (Å²) in [5.41, 5.74) is 0.868. The van der Waals surface area contributed by atoms with Crippen LogP contribution in [0.3, 0.4) is 0 Å². The maximum atomic E-state index is 12.5. The zero-order valence-corrected chi connectivity index (χ0v) is 13.5. The number of aromatic amines is 1. The van der Waals surface area contributed by atoms with Crippen molar-refractivity contribution in [3.63, 3.8) is 0 Å². The minimum Gasteiger partial charge on any atom is -0.339 e. The quantitative estimate of drug-likeness (QED) is 0.770. The molecule has 1 N–H and O–H groups in total. The van der Waals surface area contributed by atoms with Crippen molar-refractivity contribution in [3.05, 3.63) is 48.7 Å². The van der Waals surface area contributed by atoms with Gasteiger partial charge in [-0.1, -0.05) is 35.5 Å². The predicted molar refractivity (Wildman–Crippen MR) is 84.4 cm³/mol. The summed E-state index contributed by atoms with van der Waals surface area (Å²) in [7, 11) is -3.56. The number of H-pyrrole nitrogens is 1. The lowest BCUT2D eigenvalue weighted by molar-refractivity contribution is 0.354. The van der Waals surface area contributed by atoms with E-state index in [9.17, 15) is 8.42 Å². The van der Waals surface area contributed by atoms with E-state index in [0.29, 0.717) is 31.2 Å². The van der Waals surface area contributed by atoms with Gasteiger partial charge < -0.3 is 9.51 Å². The first-order valence-electron chi connectivity index (χ1n) is 7.52. The molecular formula is C15H15N5O3S. The molecule has 0 aliphatic carbocycles. The highest BCUT2D eigenvalue weighted by molar-refractivity contribution is 7.89. The van der Waals surface area contributed by atoms with Crippen LogP contribution in [-0.2, 0) is 10.0 Å². The highest BCUT2D eigenvalue weighted by Crippen LogP contribution is 2.30. The minimum atomic E-state index is -3.56. The van der Waals surface area contributed by atoms with Crippen LogP contribution in [0.5, 0.6) is 0 Å². The van der Waals surface area contributed by atoms with Crippen molar-refractivity contribution in [3.8, 4) is 11.4 Å². The van der Waals surface area contributed by atoms with Crippen LogP contribution in [-0.4, -0.2) is 45.9 Å². The van der Waals surface area contributed by atoms with E-state index in [1.165, 1.54) is 16.8 Å². The summed E-state index contributed by atoms with van der Waals surface area (Å²) >= 11 is 0. The number of hydrogen-bond acceptors (Lipinski definition) is 6. The molecule has 24 heavy (non-hydrogen) atoms. The summed E-state index contributed by atoms with van der Waals surface area (Å²) in [6.07, 6.45) is 3.30. The van der Waals surface area contributed by atoms with Gasteiger partial charge in [-0.25, -0.2) is 13.4 Å². The van der Waals surface area contributed by atoms with Crippen molar-refractivity contribution in [2.75, 3.05) is 13.1 Å². The SMILES string of the molecule is O=S(=O)(c1cnc[nH]1)N1CC[C@@H](c2nc(-c3ccccc3)no2)C1. The van der Waals surface area contributed by atoms with Crippen LogP contribution >= 0.6 is 0 Å². The first-order chi connectivity index (χ1) is 11.6. The third-order valence-electron chi connectivity index (χ3n) is 4.06. The third-order valence-corrected chi connectivity index (χ3v) is 5.86. The molecule has 1 fully saturated rings. The lowest BCUT2D eigenvalue weighted by Crippen LogP contribution is -2.29. The summed E-state index contributed by atoms with van der Waals surface area (Å²) in [4.78, 5) is 10.8. The highest BCUT2D eigenvalue weighted by atomic mass is 32.2. The lowest BCUT2D eigenvalue weighted by Gasteiger charge is -2.14. The maximum absolute atomic E-state index is 12.5. The number of imidazole rings is 1. The van der Waals surface area contributed by atoms with Gasteiger partial charge in [-0.3, -0.25) is 0 Å². The molecule has 3 heterocycles. The van der Waals surface area contributed by atoms with E-state index in [4.69, 9.17) is 4.52 Å². The summed E-state index contributed by atoms with van der Waals surface area (Å²) in [6, 6.07) is 9.52. The molecule has 4 rings (SSSR count). The van der Waals surface area contributed by atoms with Gasteiger partial charge in [0.25, 0.3) is 10.0 Å². The average molecular weight is 345 g/mol. The van der Waals surface area contributed by atoms with Gasteiger partial charge in [0.15, 0.2) is 5.03 Å². The summed E-state index contributed by atoms with van der Waals surface area (Å²) < 4.78 is 31.7. The Kier molecular flexibility index (Phi) is 3.66. The van der Waals surface area contributed by atoms with E-state index in [0.717, 1.165) is 5.56 Å². The molecule has 1 aliphatic rings. The van der Waals surface area contributed by atoms with E-state index >= 15 is 0 Å². The van der Waals surface area contributed by atoms with Crippen LogP contribution < -0.4 is 0 Å². The lowest BCUT2D eigenvalue weighted by atomic mass is 10.1. The van der Waals surface area contributed by atoms with Crippen molar-refractivity contribution in [2.45, 2.75) is 17.4 Å². The largest absolute Gasteiger partial charge is 0.339 e. The number of benzene rings is 1. The number of nitrogens with one attached hydrogen (secondary N) is 1. The Balaban J connectivity index is 1.53. The molecule has 2 aromatic heterocycles. The molecule has 124 valence electrons. The Bertz CT molecular complexity index is 921. The fourth-order valence-corrected chi connectivity index (χ4v) is 4.17. The van der Waals surface area contributed by atoms with Gasteiger partial charge in [0, 0.05) is 18.7 Å². The van der Waals surface area contributed by atoms with Crippen LogP contribution in [0.15, 0.2) is 52.4 Å². The van der Waals surface area contributed by atoms with Crippen molar-refractivity contribution in [1.29, 1.82) is 0 Å². The fraction of sp³-hybridized carbons (Fsp3) is 0.267. The van der Waals surface area contributed by atoms with Crippen molar-refractivity contribution in [1.82, 2.24) is 24.4 Å². The molecule has 0 saturated carbocycles. The number of sulfonamides is 1. The number of hydrogen-bond donors (Lipinski definition) is 1. The van der Waals surface area contributed by atoms with E-state index in [1.807, 2.05) is 30.3 Å². The Labute approximate surface area is 138 Å². The molecule has 0 amide bonds. The third kappa shape index (κ3) is 2.61. The van der Waals surface area contributed by atoms with Crippen molar-refractivity contribution < 1.29 is 12.9 Å². The molecule has 1 atom stereocenters. The van der Waals surface area contributed by atoms with Crippen LogP contribution in [0, 0.1) is 0 Å². The molecule has 1 saturated heterocycles. The first-order valence-corrected chi connectivity index (χ1v) is 8.96. The van der Waals surface area contributed by atoms with Gasteiger partial charge in [-0.2, -0.15) is 9.29 Å². The van der Waals surface area contributed by atoms with Gasteiger partial charge in [0.1, 0.15) is 0 Å². The van der Waals surface area contributed by atoms with Gasteiger partial charge in [0.05, 0.1) is 18.4 Å². The van der Waals surface area contributed by atoms with Crippen LogP contribution in [0.1, 0.15) is 18.2 Å². The van der Waals surface area contributed by atoms with Crippen molar-refractivity contribution in [2.24, 2.45) is 0 Å². The van der Waals surface area contributed by atoms with Gasteiger partial charge >= 0.3 is 0 Å². The zero-order chi connectivity index (χ0) is 16.6. The second-order valence-corrected chi connectivity index (χ2v) is 7.49. The summed E-state index contributed by atoms with van der Waals surface area (Å²) in [5, 5.41) is 4.09. The van der Waals surface area contributed by atoms with Gasteiger partial charge in [-0.05, 0) is 6.42 Å². The predicted octanol–water partition coefficient (Wildman–Crippen LogP) is 1.64. The summed E-state index contributed by atoms with van der Waals surface area (Å²) in [5.74, 6) is 0.879. The molecular weight excluding hydrogens is 330 g/mol. The smallest absolute Gasteiger partial charge is 0.260 e. The van der Waals surface area contributed by atoms with Gasteiger partial charge in [-0.15, -0.1) is 0 Å². The molecule has 9 heteroatoms. The number of aromatic nitrogens is 4. The Morgan fingerprint density at radius 2 is 2.08 bits per heavy atom. The second kappa shape index (κ2) is 5.84. The van der Waals surface area contributed by atoms with E-state index in [1.54, 1.807) is 0 Å². The summed E-state index contributed by atoms with van der Waals surface area (Å²) in [6.45, 7) is 0.729. The zero-order valence-electron chi connectivity index (χ0n) is 12.7. The molecule has 1 aromatic carbocycles. The van der Waals surface area contributed by atoms with Crippen LogP contribution in [0.2, 0.25) is 0 Å². The van der Waals surface area contributed by atoms with Crippen LogP contribution in [0.4, 0.5) is 0 Å².